The Bertz CT molecular complexity index is 405. The van der Waals surface area contributed by atoms with E-state index in [1.165, 1.54) is 0 Å². The summed E-state index contributed by atoms with van der Waals surface area (Å²) in [5.74, 6) is 0.593. The highest BCUT2D eigenvalue weighted by atomic mass is 35.5. The van der Waals surface area contributed by atoms with Crippen LogP contribution in [0.2, 0.25) is 5.02 Å². The second-order valence-corrected chi connectivity index (χ2v) is 5.31. The molecule has 2 rings (SSSR count). The van der Waals surface area contributed by atoms with Crippen LogP contribution in [0.4, 0.5) is 0 Å². The summed E-state index contributed by atoms with van der Waals surface area (Å²) in [5, 5.41) is 3.70. The lowest BCUT2D eigenvalue weighted by Crippen LogP contribution is -2.34. The van der Waals surface area contributed by atoms with Crippen molar-refractivity contribution in [3.63, 3.8) is 0 Å². The number of amides is 1. The van der Waals surface area contributed by atoms with Crippen LogP contribution in [-0.4, -0.2) is 12.5 Å². The Balaban J connectivity index is 1.86. The third kappa shape index (κ3) is 3.24. The molecule has 2 atom stereocenters. The van der Waals surface area contributed by atoms with Gasteiger partial charge < -0.3 is 11.1 Å². The van der Waals surface area contributed by atoms with E-state index in [2.05, 4.69) is 5.32 Å². The first-order valence-corrected chi connectivity index (χ1v) is 6.80. The van der Waals surface area contributed by atoms with E-state index in [0.717, 1.165) is 24.8 Å². The first-order chi connectivity index (χ1) is 8.70. The Hall–Kier alpha value is -1.06. The molecule has 0 unspecified atom stereocenters. The molecule has 1 aliphatic carbocycles. The molecule has 18 heavy (non-hydrogen) atoms. The van der Waals surface area contributed by atoms with E-state index < -0.39 is 0 Å². The van der Waals surface area contributed by atoms with E-state index in [1.807, 2.05) is 24.3 Å². The van der Waals surface area contributed by atoms with Gasteiger partial charge in [0.25, 0.3) is 0 Å². The molecule has 0 bridgehead atoms. The fourth-order valence-electron chi connectivity index (χ4n) is 2.59. The standard InChI is InChI=1S/C14H19ClN2O/c15-12-6-4-10(5-7-12)9-17-14(18)13-3-1-2-11(13)8-16/h4-7,11,13H,1-3,8-9,16H2,(H,17,18)/t11-,13-/m1/s1. The van der Waals surface area contributed by atoms with Crippen molar-refractivity contribution in [3.8, 4) is 0 Å². The molecule has 98 valence electrons. The fraction of sp³-hybridized carbons (Fsp3) is 0.500. The molecule has 1 aromatic rings. The zero-order chi connectivity index (χ0) is 13.0. The van der Waals surface area contributed by atoms with Crippen LogP contribution in [0.25, 0.3) is 0 Å². The molecule has 0 saturated heterocycles. The number of benzene rings is 1. The Morgan fingerprint density at radius 3 is 2.72 bits per heavy atom. The van der Waals surface area contributed by atoms with Crippen LogP contribution in [0, 0.1) is 11.8 Å². The predicted octanol–water partition coefficient (Wildman–Crippen LogP) is 2.33. The highest BCUT2D eigenvalue weighted by Crippen LogP contribution is 2.30. The molecular weight excluding hydrogens is 248 g/mol. The van der Waals surface area contributed by atoms with Crippen LogP contribution in [-0.2, 0) is 11.3 Å². The minimum absolute atomic E-state index is 0.0994. The molecule has 0 spiro atoms. The quantitative estimate of drug-likeness (QED) is 0.879. The number of hydrogen-bond acceptors (Lipinski definition) is 2. The molecule has 1 aliphatic rings. The van der Waals surface area contributed by atoms with Crippen molar-refractivity contribution in [1.82, 2.24) is 5.32 Å². The van der Waals surface area contributed by atoms with Gasteiger partial charge in [-0.15, -0.1) is 0 Å². The molecule has 0 aromatic heterocycles. The zero-order valence-electron chi connectivity index (χ0n) is 10.4. The van der Waals surface area contributed by atoms with Gasteiger partial charge in [0.1, 0.15) is 0 Å². The smallest absolute Gasteiger partial charge is 0.223 e. The second-order valence-electron chi connectivity index (χ2n) is 4.88. The van der Waals surface area contributed by atoms with Crippen molar-refractivity contribution in [1.29, 1.82) is 0 Å². The Morgan fingerprint density at radius 2 is 2.06 bits per heavy atom. The number of carbonyl (C=O) groups is 1. The third-order valence-corrected chi connectivity index (χ3v) is 3.93. The van der Waals surface area contributed by atoms with Gasteiger partial charge in [0.05, 0.1) is 0 Å². The van der Waals surface area contributed by atoms with Gasteiger partial charge in [0, 0.05) is 17.5 Å². The van der Waals surface area contributed by atoms with Crippen LogP contribution in [0.5, 0.6) is 0 Å². The first kappa shape index (κ1) is 13.4. The van der Waals surface area contributed by atoms with E-state index in [4.69, 9.17) is 17.3 Å². The van der Waals surface area contributed by atoms with Gasteiger partial charge in [0.2, 0.25) is 5.91 Å². The van der Waals surface area contributed by atoms with Crippen LogP contribution in [0.1, 0.15) is 24.8 Å². The number of rotatable bonds is 4. The van der Waals surface area contributed by atoms with Crippen LogP contribution < -0.4 is 11.1 Å². The van der Waals surface area contributed by atoms with Crippen LogP contribution >= 0.6 is 11.6 Å². The first-order valence-electron chi connectivity index (χ1n) is 6.43. The van der Waals surface area contributed by atoms with Crippen molar-refractivity contribution in [2.45, 2.75) is 25.8 Å². The van der Waals surface area contributed by atoms with Gasteiger partial charge in [-0.3, -0.25) is 4.79 Å². The summed E-state index contributed by atoms with van der Waals surface area (Å²) in [7, 11) is 0. The lowest BCUT2D eigenvalue weighted by Gasteiger charge is -2.17. The minimum atomic E-state index is 0.0994. The number of carbonyl (C=O) groups excluding carboxylic acids is 1. The Labute approximate surface area is 113 Å². The van der Waals surface area contributed by atoms with E-state index in [9.17, 15) is 4.79 Å². The summed E-state index contributed by atoms with van der Waals surface area (Å²) in [5.41, 5.74) is 6.76. The predicted molar refractivity (Wildman–Crippen MR) is 73.2 cm³/mol. The molecule has 3 N–H and O–H groups in total. The highest BCUT2D eigenvalue weighted by Gasteiger charge is 2.31. The van der Waals surface area contributed by atoms with Crippen LogP contribution in [0.15, 0.2) is 24.3 Å². The van der Waals surface area contributed by atoms with Crippen molar-refractivity contribution in [3.05, 3.63) is 34.9 Å². The highest BCUT2D eigenvalue weighted by molar-refractivity contribution is 6.30. The lowest BCUT2D eigenvalue weighted by molar-refractivity contribution is -0.126. The molecular formula is C14H19ClN2O. The summed E-state index contributed by atoms with van der Waals surface area (Å²) >= 11 is 5.81. The maximum atomic E-state index is 12.1. The molecule has 0 aliphatic heterocycles. The summed E-state index contributed by atoms with van der Waals surface area (Å²) in [6.07, 6.45) is 3.16. The van der Waals surface area contributed by atoms with E-state index in [0.29, 0.717) is 24.0 Å². The largest absolute Gasteiger partial charge is 0.352 e. The van der Waals surface area contributed by atoms with Crippen LogP contribution in [0.3, 0.4) is 0 Å². The van der Waals surface area contributed by atoms with Crippen molar-refractivity contribution in [2.24, 2.45) is 17.6 Å². The van der Waals surface area contributed by atoms with E-state index in [1.54, 1.807) is 0 Å². The van der Waals surface area contributed by atoms with E-state index in [-0.39, 0.29) is 11.8 Å². The summed E-state index contributed by atoms with van der Waals surface area (Å²) in [4.78, 5) is 12.1. The van der Waals surface area contributed by atoms with Gasteiger partial charge in [-0.2, -0.15) is 0 Å². The molecule has 3 nitrogen and oxygen atoms in total. The summed E-state index contributed by atoms with van der Waals surface area (Å²) in [6.45, 7) is 1.17. The molecule has 1 aromatic carbocycles. The fourth-order valence-corrected chi connectivity index (χ4v) is 2.71. The van der Waals surface area contributed by atoms with Gasteiger partial charge in [-0.05, 0) is 43.0 Å². The molecule has 0 radical (unpaired) electrons. The Kier molecular flexibility index (Phi) is 4.61. The molecule has 1 amide bonds. The number of nitrogens with one attached hydrogen (secondary N) is 1. The molecule has 1 saturated carbocycles. The summed E-state index contributed by atoms with van der Waals surface area (Å²) in [6, 6.07) is 7.53. The topological polar surface area (TPSA) is 55.1 Å². The van der Waals surface area contributed by atoms with Crippen molar-refractivity contribution in [2.75, 3.05) is 6.54 Å². The maximum absolute atomic E-state index is 12.1. The molecule has 4 heteroatoms. The summed E-state index contributed by atoms with van der Waals surface area (Å²) < 4.78 is 0. The van der Waals surface area contributed by atoms with Crippen molar-refractivity contribution < 1.29 is 4.79 Å². The zero-order valence-corrected chi connectivity index (χ0v) is 11.1. The minimum Gasteiger partial charge on any atom is -0.352 e. The van der Waals surface area contributed by atoms with E-state index >= 15 is 0 Å². The van der Waals surface area contributed by atoms with Gasteiger partial charge in [0.15, 0.2) is 0 Å². The number of hydrogen-bond donors (Lipinski definition) is 2. The lowest BCUT2D eigenvalue weighted by atomic mass is 9.95. The monoisotopic (exact) mass is 266 g/mol. The van der Waals surface area contributed by atoms with Gasteiger partial charge >= 0.3 is 0 Å². The average Bonchev–Trinajstić information content (AvgIpc) is 2.86. The molecule has 0 heterocycles. The van der Waals surface area contributed by atoms with Gasteiger partial charge in [-0.25, -0.2) is 0 Å². The second kappa shape index (κ2) is 6.21. The Morgan fingerprint density at radius 1 is 1.33 bits per heavy atom. The maximum Gasteiger partial charge on any atom is 0.223 e. The van der Waals surface area contributed by atoms with Gasteiger partial charge in [-0.1, -0.05) is 30.2 Å². The normalized spacial score (nSPS) is 23.0. The third-order valence-electron chi connectivity index (χ3n) is 3.68. The SMILES string of the molecule is NC[C@H]1CCC[C@H]1C(=O)NCc1ccc(Cl)cc1. The van der Waals surface area contributed by atoms with Crippen molar-refractivity contribution >= 4 is 17.5 Å². The number of nitrogens with two attached hydrogens (primary N) is 1. The molecule has 1 fully saturated rings. The average molecular weight is 267 g/mol. The number of halogens is 1.